The van der Waals surface area contributed by atoms with Crippen molar-refractivity contribution in [2.75, 3.05) is 0 Å². The van der Waals surface area contributed by atoms with Crippen LogP contribution in [0.4, 0.5) is 0 Å². The number of benzene rings is 1. The van der Waals surface area contributed by atoms with E-state index >= 15 is 0 Å². The van der Waals surface area contributed by atoms with E-state index in [1.165, 1.54) is 0 Å². The summed E-state index contributed by atoms with van der Waals surface area (Å²) >= 11 is 0. The Morgan fingerprint density at radius 2 is 1.75 bits per heavy atom. The van der Waals surface area contributed by atoms with Gasteiger partial charge in [-0.05, 0) is 64.7 Å². The zero-order valence-electron chi connectivity index (χ0n) is 15.6. The van der Waals surface area contributed by atoms with Crippen LogP contribution in [0.1, 0.15) is 61.8 Å². The maximum absolute atomic E-state index is 12.9. The molecule has 1 aromatic carbocycles. The van der Waals surface area contributed by atoms with E-state index in [0.29, 0.717) is 6.42 Å². The van der Waals surface area contributed by atoms with Crippen LogP contribution in [0, 0.1) is 26.7 Å². The standard InChI is InChI=1S/C20H29NO3/c1-11-7-12(2)17(13(3)8-11)18-15(22)9-14(19(18)24)10-16(23)21-20(4,5)6/h7-8,14-15,18,22H,9-10H2,1-6H3,(H,21,23). The van der Waals surface area contributed by atoms with Crippen molar-refractivity contribution < 1.29 is 14.7 Å². The van der Waals surface area contributed by atoms with Crippen molar-refractivity contribution in [1.82, 2.24) is 5.32 Å². The number of aliphatic hydroxyl groups is 1. The number of hydrogen-bond donors (Lipinski definition) is 2. The van der Waals surface area contributed by atoms with Crippen molar-refractivity contribution in [3.63, 3.8) is 0 Å². The number of ketones is 1. The molecule has 0 heterocycles. The molecule has 0 spiro atoms. The van der Waals surface area contributed by atoms with Crippen molar-refractivity contribution in [2.45, 2.75) is 71.9 Å². The van der Waals surface area contributed by atoms with E-state index in [9.17, 15) is 14.7 Å². The van der Waals surface area contributed by atoms with Crippen molar-refractivity contribution in [2.24, 2.45) is 5.92 Å². The summed E-state index contributed by atoms with van der Waals surface area (Å²) in [5.74, 6) is -1.07. The minimum Gasteiger partial charge on any atom is -0.392 e. The summed E-state index contributed by atoms with van der Waals surface area (Å²) in [6.07, 6.45) is -0.216. The summed E-state index contributed by atoms with van der Waals surface area (Å²) in [5.41, 5.74) is 3.82. The minimum atomic E-state index is -0.718. The SMILES string of the molecule is Cc1cc(C)c(C2C(=O)C(CC(=O)NC(C)(C)C)CC2O)c(C)c1. The molecule has 4 nitrogen and oxygen atoms in total. The topological polar surface area (TPSA) is 66.4 Å². The van der Waals surface area contributed by atoms with E-state index in [1.807, 2.05) is 53.7 Å². The summed E-state index contributed by atoms with van der Waals surface area (Å²) in [7, 11) is 0. The second-order valence-corrected chi connectivity index (χ2v) is 8.19. The van der Waals surface area contributed by atoms with Gasteiger partial charge >= 0.3 is 0 Å². The highest BCUT2D eigenvalue weighted by atomic mass is 16.3. The van der Waals surface area contributed by atoms with Gasteiger partial charge in [-0.2, -0.15) is 0 Å². The molecule has 4 heteroatoms. The number of amides is 1. The van der Waals surface area contributed by atoms with Crippen molar-refractivity contribution in [3.8, 4) is 0 Å². The van der Waals surface area contributed by atoms with Crippen LogP contribution >= 0.6 is 0 Å². The lowest BCUT2D eigenvalue weighted by Crippen LogP contribution is -2.41. The Morgan fingerprint density at radius 1 is 1.21 bits per heavy atom. The Balaban J connectivity index is 2.21. The molecule has 0 aliphatic heterocycles. The number of hydrogen-bond acceptors (Lipinski definition) is 3. The fourth-order valence-electron chi connectivity index (χ4n) is 3.88. The van der Waals surface area contributed by atoms with Crippen molar-refractivity contribution in [3.05, 3.63) is 34.4 Å². The molecule has 2 N–H and O–H groups in total. The first kappa shape index (κ1) is 18.7. The smallest absolute Gasteiger partial charge is 0.221 e. The van der Waals surface area contributed by atoms with Crippen LogP contribution in [0.3, 0.4) is 0 Å². The first-order valence-corrected chi connectivity index (χ1v) is 8.60. The highest BCUT2D eigenvalue weighted by Gasteiger charge is 2.44. The van der Waals surface area contributed by atoms with Crippen LogP contribution in [0.25, 0.3) is 0 Å². The average molecular weight is 331 g/mol. The zero-order chi connectivity index (χ0) is 18.2. The number of rotatable bonds is 3. The normalized spacial score (nSPS) is 24.3. The highest BCUT2D eigenvalue weighted by Crippen LogP contribution is 2.40. The van der Waals surface area contributed by atoms with Gasteiger partial charge < -0.3 is 10.4 Å². The molecular formula is C20H29NO3. The first-order chi connectivity index (χ1) is 11.0. The Bertz CT molecular complexity index is 634. The number of aliphatic hydroxyl groups excluding tert-OH is 1. The van der Waals surface area contributed by atoms with Gasteiger partial charge in [-0.15, -0.1) is 0 Å². The molecule has 0 saturated heterocycles. The molecule has 24 heavy (non-hydrogen) atoms. The molecule has 2 rings (SSSR count). The molecule has 0 aromatic heterocycles. The van der Waals surface area contributed by atoms with Crippen LogP contribution in [0.5, 0.6) is 0 Å². The largest absolute Gasteiger partial charge is 0.392 e. The fourth-order valence-corrected chi connectivity index (χ4v) is 3.88. The predicted molar refractivity (Wildman–Crippen MR) is 95.0 cm³/mol. The van der Waals surface area contributed by atoms with Gasteiger partial charge in [-0.25, -0.2) is 0 Å². The lowest BCUT2D eigenvalue weighted by Gasteiger charge is -2.21. The molecule has 132 valence electrons. The van der Waals surface area contributed by atoms with Crippen molar-refractivity contribution in [1.29, 1.82) is 0 Å². The van der Waals surface area contributed by atoms with Gasteiger partial charge in [0.1, 0.15) is 5.78 Å². The number of aryl methyl sites for hydroxylation is 3. The molecule has 0 radical (unpaired) electrons. The Morgan fingerprint density at radius 3 is 2.25 bits per heavy atom. The summed E-state index contributed by atoms with van der Waals surface area (Å²) in [6.45, 7) is 11.7. The highest BCUT2D eigenvalue weighted by molar-refractivity contribution is 5.94. The number of Topliss-reactive ketones (excluding diaryl/α,β-unsaturated/α-hetero) is 1. The molecule has 1 aliphatic rings. The third-order valence-corrected chi connectivity index (χ3v) is 4.61. The third kappa shape index (κ3) is 4.04. The van der Waals surface area contributed by atoms with E-state index in [4.69, 9.17) is 0 Å². The summed E-state index contributed by atoms with van der Waals surface area (Å²) in [6, 6.07) is 4.09. The molecule has 1 amide bonds. The molecule has 3 atom stereocenters. The Hall–Kier alpha value is -1.68. The quantitative estimate of drug-likeness (QED) is 0.895. The first-order valence-electron chi connectivity index (χ1n) is 8.60. The van der Waals surface area contributed by atoms with E-state index in [1.54, 1.807) is 0 Å². The fraction of sp³-hybridized carbons (Fsp3) is 0.600. The van der Waals surface area contributed by atoms with Crippen LogP contribution in [0.15, 0.2) is 12.1 Å². The average Bonchev–Trinajstić information content (AvgIpc) is 2.63. The van der Waals surface area contributed by atoms with Crippen molar-refractivity contribution >= 4 is 11.7 Å². The Labute approximate surface area is 144 Å². The maximum atomic E-state index is 12.9. The molecule has 1 fully saturated rings. The summed E-state index contributed by atoms with van der Waals surface area (Å²) < 4.78 is 0. The van der Waals surface area contributed by atoms with Gasteiger partial charge in [0.2, 0.25) is 5.91 Å². The Kier molecular flexibility index (Phi) is 5.19. The minimum absolute atomic E-state index is 0.0124. The van der Waals surface area contributed by atoms with Crippen LogP contribution in [-0.4, -0.2) is 28.4 Å². The van der Waals surface area contributed by atoms with E-state index in [-0.39, 0.29) is 23.7 Å². The molecule has 3 unspecified atom stereocenters. The predicted octanol–water partition coefficient (Wildman–Crippen LogP) is 2.95. The van der Waals surface area contributed by atoms with E-state index in [2.05, 4.69) is 5.32 Å². The number of carbonyl (C=O) groups is 2. The van der Waals surface area contributed by atoms with Gasteiger partial charge in [0.15, 0.2) is 0 Å². The van der Waals surface area contributed by atoms with E-state index in [0.717, 1.165) is 22.3 Å². The van der Waals surface area contributed by atoms with Gasteiger partial charge in [0.25, 0.3) is 0 Å². The lowest BCUT2D eigenvalue weighted by atomic mass is 9.86. The molecule has 1 aromatic rings. The number of nitrogens with one attached hydrogen (secondary N) is 1. The van der Waals surface area contributed by atoms with Gasteiger partial charge in [-0.3, -0.25) is 9.59 Å². The van der Waals surface area contributed by atoms with Gasteiger partial charge in [0.05, 0.1) is 12.0 Å². The molecule has 1 aliphatic carbocycles. The molecule has 0 bridgehead atoms. The van der Waals surface area contributed by atoms with Crippen LogP contribution in [-0.2, 0) is 9.59 Å². The zero-order valence-corrected chi connectivity index (χ0v) is 15.6. The number of carbonyl (C=O) groups excluding carboxylic acids is 2. The van der Waals surface area contributed by atoms with Crippen LogP contribution < -0.4 is 5.32 Å². The monoisotopic (exact) mass is 331 g/mol. The van der Waals surface area contributed by atoms with E-state index < -0.39 is 17.9 Å². The third-order valence-electron chi connectivity index (χ3n) is 4.61. The molecular weight excluding hydrogens is 302 g/mol. The van der Waals surface area contributed by atoms with Crippen LogP contribution in [0.2, 0.25) is 0 Å². The summed E-state index contributed by atoms with van der Waals surface area (Å²) in [4.78, 5) is 25.0. The summed E-state index contributed by atoms with van der Waals surface area (Å²) in [5, 5.41) is 13.4. The maximum Gasteiger partial charge on any atom is 0.221 e. The lowest BCUT2D eigenvalue weighted by molar-refractivity contribution is -0.128. The second kappa shape index (κ2) is 6.67. The second-order valence-electron chi connectivity index (χ2n) is 8.19. The van der Waals surface area contributed by atoms with Gasteiger partial charge in [0, 0.05) is 17.9 Å². The molecule has 1 saturated carbocycles. The van der Waals surface area contributed by atoms with Gasteiger partial charge in [-0.1, -0.05) is 17.7 Å².